The molecule has 1 N–H and O–H groups in total. The van der Waals surface area contributed by atoms with E-state index in [0.29, 0.717) is 0 Å². The minimum Gasteiger partial charge on any atom is -0.483 e. The molecule has 0 aliphatic heterocycles. The van der Waals surface area contributed by atoms with Gasteiger partial charge in [0.1, 0.15) is 0 Å². The standard InChI is InChI=1S/C9H18.CH2O2/c1-3-5-7-9-8-6-4-2;2-1-3/h3H,1,4-9H2,2H3;1H,(H,2,3). The number of unbranched alkanes of at least 4 members (excludes halogenated alkanes) is 5. The average molecular weight is 172 g/mol. The first-order valence-electron chi connectivity index (χ1n) is 4.52. The molecule has 0 atom stereocenters. The molecule has 0 fully saturated rings. The summed E-state index contributed by atoms with van der Waals surface area (Å²) in [6.07, 6.45) is 10.1. The maximum atomic E-state index is 8.36. The monoisotopic (exact) mass is 172 g/mol. The van der Waals surface area contributed by atoms with Gasteiger partial charge in [0, 0.05) is 0 Å². The highest BCUT2D eigenvalue weighted by Crippen LogP contribution is 2.04. The molecule has 0 spiro atoms. The van der Waals surface area contributed by atoms with E-state index >= 15 is 0 Å². The van der Waals surface area contributed by atoms with Crippen molar-refractivity contribution in [1.29, 1.82) is 0 Å². The molecule has 0 aliphatic rings. The largest absolute Gasteiger partial charge is 0.483 e. The third kappa shape index (κ3) is 22.9. The summed E-state index contributed by atoms with van der Waals surface area (Å²) in [5, 5.41) is 6.89. The lowest BCUT2D eigenvalue weighted by Gasteiger charge is -1.94. The third-order valence-corrected chi connectivity index (χ3v) is 1.51. The van der Waals surface area contributed by atoms with Crippen molar-refractivity contribution in [3.8, 4) is 0 Å². The zero-order valence-corrected chi connectivity index (χ0v) is 7.96. The summed E-state index contributed by atoms with van der Waals surface area (Å²) in [6.45, 7) is 5.67. The number of rotatable bonds is 6. The van der Waals surface area contributed by atoms with Gasteiger partial charge in [0.2, 0.25) is 0 Å². The normalized spacial score (nSPS) is 8.08. The Kier molecular flexibility index (Phi) is 19.1. The fourth-order valence-corrected chi connectivity index (χ4v) is 0.892. The molecule has 0 amide bonds. The zero-order valence-electron chi connectivity index (χ0n) is 7.96. The molecular formula is C10H20O2. The first-order valence-corrected chi connectivity index (χ1v) is 4.52. The molecular weight excluding hydrogens is 152 g/mol. The molecule has 0 rings (SSSR count). The zero-order chi connectivity index (χ0) is 9.66. The molecule has 0 heterocycles. The maximum absolute atomic E-state index is 8.36. The van der Waals surface area contributed by atoms with Crippen molar-refractivity contribution in [3.05, 3.63) is 12.7 Å². The van der Waals surface area contributed by atoms with Crippen LogP contribution < -0.4 is 0 Å². The van der Waals surface area contributed by atoms with Gasteiger partial charge in [-0.05, 0) is 12.8 Å². The Morgan fingerprint density at radius 3 is 2.17 bits per heavy atom. The number of carbonyl (C=O) groups is 1. The second-order valence-corrected chi connectivity index (χ2v) is 2.60. The highest BCUT2D eigenvalue weighted by Gasteiger charge is 1.84. The van der Waals surface area contributed by atoms with Crippen LogP contribution in [-0.4, -0.2) is 11.6 Å². The Morgan fingerprint density at radius 1 is 1.25 bits per heavy atom. The summed E-state index contributed by atoms with van der Waals surface area (Å²) < 4.78 is 0. The second kappa shape index (κ2) is 16.7. The SMILES string of the molecule is C=CCCCCCCC.O=CO. The Balaban J connectivity index is 0. The number of hydrogen-bond acceptors (Lipinski definition) is 1. The van der Waals surface area contributed by atoms with Crippen LogP contribution in [0.1, 0.15) is 45.4 Å². The smallest absolute Gasteiger partial charge is 0.290 e. The van der Waals surface area contributed by atoms with E-state index in [2.05, 4.69) is 13.5 Å². The molecule has 12 heavy (non-hydrogen) atoms. The molecule has 0 radical (unpaired) electrons. The number of carboxylic acid groups (broad SMARTS) is 1. The lowest BCUT2D eigenvalue weighted by molar-refractivity contribution is -0.122. The third-order valence-electron chi connectivity index (χ3n) is 1.51. The van der Waals surface area contributed by atoms with Gasteiger partial charge >= 0.3 is 0 Å². The van der Waals surface area contributed by atoms with Gasteiger partial charge < -0.3 is 5.11 Å². The number of allylic oxidation sites excluding steroid dienone is 1. The van der Waals surface area contributed by atoms with Gasteiger partial charge in [0.15, 0.2) is 0 Å². The summed E-state index contributed by atoms with van der Waals surface area (Å²) in [7, 11) is 0. The Morgan fingerprint density at radius 2 is 1.75 bits per heavy atom. The van der Waals surface area contributed by atoms with E-state index in [4.69, 9.17) is 9.90 Å². The molecule has 2 heteroatoms. The van der Waals surface area contributed by atoms with Crippen LogP contribution in [0.4, 0.5) is 0 Å². The summed E-state index contributed by atoms with van der Waals surface area (Å²) in [5.41, 5.74) is 0. The van der Waals surface area contributed by atoms with Crippen molar-refractivity contribution in [1.82, 2.24) is 0 Å². The van der Waals surface area contributed by atoms with Crippen LogP contribution >= 0.6 is 0 Å². The van der Waals surface area contributed by atoms with Crippen LogP contribution in [0, 0.1) is 0 Å². The minimum absolute atomic E-state index is 0.250. The van der Waals surface area contributed by atoms with Crippen LogP contribution in [0.5, 0.6) is 0 Å². The Bertz CT molecular complexity index is 89.8. The van der Waals surface area contributed by atoms with E-state index in [-0.39, 0.29) is 6.47 Å². The van der Waals surface area contributed by atoms with Gasteiger partial charge in [-0.3, -0.25) is 4.79 Å². The van der Waals surface area contributed by atoms with Gasteiger partial charge in [-0.15, -0.1) is 6.58 Å². The van der Waals surface area contributed by atoms with Crippen molar-refractivity contribution in [3.63, 3.8) is 0 Å². The molecule has 72 valence electrons. The molecule has 2 nitrogen and oxygen atoms in total. The first-order chi connectivity index (χ1) is 5.83. The summed E-state index contributed by atoms with van der Waals surface area (Å²) in [6, 6.07) is 0. The van der Waals surface area contributed by atoms with Crippen LogP contribution in [-0.2, 0) is 4.79 Å². The molecule has 0 aliphatic carbocycles. The van der Waals surface area contributed by atoms with E-state index in [9.17, 15) is 0 Å². The molecule has 0 bridgehead atoms. The average Bonchev–Trinajstić information content (AvgIpc) is 2.06. The fraction of sp³-hybridized carbons (Fsp3) is 0.700. The lowest BCUT2D eigenvalue weighted by atomic mass is 10.1. The van der Waals surface area contributed by atoms with E-state index in [0.717, 1.165) is 0 Å². The fourth-order valence-electron chi connectivity index (χ4n) is 0.892. The second-order valence-electron chi connectivity index (χ2n) is 2.60. The van der Waals surface area contributed by atoms with Gasteiger partial charge in [0.05, 0.1) is 0 Å². The predicted molar refractivity (Wildman–Crippen MR) is 52.3 cm³/mol. The van der Waals surface area contributed by atoms with Gasteiger partial charge in [0.25, 0.3) is 6.47 Å². The molecule has 0 unspecified atom stereocenters. The van der Waals surface area contributed by atoms with E-state index in [1.54, 1.807) is 0 Å². The Hall–Kier alpha value is -0.790. The summed E-state index contributed by atoms with van der Waals surface area (Å²) >= 11 is 0. The maximum Gasteiger partial charge on any atom is 0.290 e. The molecule has 0 aromatic rings. The number of hydrogen-bond donors (Lipinski definition) is 1. The highest BCUT2D eigenvalue weighted by atomic mass is 16.3. The van der Waals surface area contributed by atoms with Gasteiger partial charge in [-0.25, -0.2) is 0 Å². The van der Waals surface area contributed by atoms with Crippen molar-refractivity contribution < 1.29 is 9.90 Å². The predicted octanol–water partition coefficient (Wildman–Crippen LogP) is 3.23. The lowest BCUT2D eigenvalue weighted by Crippen LogP contribution is -1.74. The summed E-state index contributed by atoms with van der Waals surface area (Å²) in [5.74, 6) is 0. The van der Waals surface area contributed by atoms with E-state index in [1.165, 1.54) is 38.5 Å². The molecule has 0 saturated carbocycles. The van der Waals surface area contributed by atoms with Gasteiger partial charge in [-0.1, -0.05) is 38.7 Å². The Labute approximate surface area is 75.3 Å². The quantitative estimate of drug-likeness (QED) is 0.379. The topological polar surface area (TPSA) is 37.3 Å². The van der Waals surface area contributed by atoms with Crippen LogP contribution in [0.2, 0.25) is 0 Å². The molecule has 0 aromatic heterocycles. The van der Waals surface area contributed by atoms with Crippen LogP contribution in [0.15, 0.2) is 12.7 Å². The van der Waals surface area contributed by atoms with Crippen molar-refractivity contribution in [2.75, 3.05) is 0 Å². The van der Waals surface area contributed by atoms with Crippen molar-refractivity contribution in [2.45, 2.75) is 45.4 Å². The van der Waals surface area contributed by atoms with Crippen LogP contribution in [0.25, 0.3) is 0 Å². The van der Waals surface area contributed by atoms with Crippen LogP contribution in [0.3, 0.4) is 0 Å². The summed E-state index contributed by atoms with van der Waals surface area (Å²) in [4.78, 5) is 8.36. The van der Waals surface area contributed by atoms with Gasteiger partial charge in [-0.2, -0.15) is 0 Å². The van der Waals surface area contributed by atoms with E-state index < -0.39 is 0 Å². The van der Waals surface area contributed by atoms with E-state index in [1.807, 2.05) is 6.08 Å². The van der Waals surface area contributed by atoms with Crippen molar-refractivity contribution >= 4 is 6.47 Å². The molecule has 0 aromatic carbocycles. The highest BCUT2D eigenvalue weighted by molar-refractivity contribution is 5.32. The minimum atomic E-state index is -0.250. The first kappa shape index (κ1) is 13.8. The van der Waals surface area contributed by atoms with Crippen molar-refractivity contribution in [2.24, 2.45) is 0 Å². The molecule has 0 saturated heterocycles.